The molecule has 0 saturated heterocycles. The number of rotatable bonds is 4. The highest BCUT2D eigenvalue weighted by Crippen LogP contribution is 2.25. The van der Waals surface area contributed by atoms with Gasteiger partial charge in [0.15, 0.2) is 5.65 Å². The van der Waals surface area contributed by atoms with Gasteiger partial charge in [-0.25, -0.2) is 4.98 Å². The highest BCUT2D eigenvalue weighted by Gasteiger charge is 2.07. The lowest BCUT2D eigenvalue weighted by Crippen LogP contribution is -1.99. The fourth-order valence-corrected chi connectivity index (χ4v) is 2.55. The van der Waals surface area contributed by atoms with Crippen LogP contribution in [-0.2, 0) is 0 Å². The van der Waals surface area contributed by atoms with Crippen LogP contribution in [0.15, 0.2) is 52.8 Å². The lowest BCUT2D eigenvalue weighted by Gasteiger charge is -2.04. The van der Waals surface area contributed by atoms with Gasteiger partial charge in [-0.2, -0.15) is 0 Å². The van der Waals surface area contributed by atoms with Crippen LogP contribution in [0.4, 0.5) is 5.82 Å². The van der Waals surface area contributed by atoms with Crippen LogP contribution in [-0.4, -0.2) is 26.1 Å². The molecule has 96 valence electrons. The quantitative estimate of drug-likeness (QED) is 0.790. The van der Waals surface area contributed by atoms with E-state index < -0.39 is 0 Å². The van der Waals surface area contributed by atoms with Crippen molar-refractivity contribution >= 4 is 23.2 Å². The molecule has 0 saturated carbocycles. The molecule has 0 radical (unpaired) electrons. The first-order valence-corrected chi connectivity index (χ1v) is 6.87. The van der Waals surface area contributed by atoms with E-state index in [1.165, 1.54) is 11.8 Å². The summed E-state index contributed by atoms with van der Waals surface area (Å²) in [5, 5.41) is 13.2. The molecule has 0 fully saturated rings. The number of anilines is 1. The Balaban J connectivity index is 1.90. The summed E-state index contributed by atoms with van der Waals surface area (Å²) in [6.07, 6.45) is 1.95. The van der Waals surface area contributed by atoms with Gasteiger partial charge in [0.2, 0.25) is 5.16 Å². The Bertz CT molecular complexity index is 694. The summed E-state index contributed by atoms with van der Waals surface area (Å²) in [6.45, 7) is 2.91. The van der Waals surface area contributed by atoms with E-state index in [4.69, 9.17) is 0 Å². The van der Waals surface area contributed by atoms with Gasteiger partial charge in [0.1, 0.15) is 10.8 Å². The number of fused-ring (bicyclic) bond motifs is 1. The standard InChI is InChI=1S/C13H13N5S/c1-2-14-10-6-5-8-12(15-10)19-13-17-16-11-7-3-4-9-18(11)13/h3-9H,2H2,1H3,(H,14,15). The van der Waals surface area contributed by atoms with E-state index in [-0.39, 0.29) is 0 Å². The molecule has 0 atom stereocenters. The third-order valence-corrected chi connectivity index (χ3v) is 3.46. The molecule has 6 heteroatoms. The van der Waals surface area contributed by atoms with Crippen molar-refractivity contribution in [3.8, 4) is 0 Å². The van der Waals surface area contributed by atoms with E-state index in [0.29, 0.717) is 0 Å². The Labute approximate surface area is 115 Å². The maximum atomic E-state index is 4.51. The zero-order valence-electron chi connectivity index (χ0n) is 10.4. The van der Waals surface area contributed by atoms with Crippen molar-refractivity contribution in [2.75, 3.05) is 11.9 Å². The highest BCUT2D eigenvalue weighted by molar-refractivity contribution is 7.99. The molecular formula is C13H13N5S. The van der Waals surface area contributed by atoms with Crippen LogP contribution in [0.1, 0.15) is 6.92 Å². The van der Waals surface area contributed by atoms with Crippen molar-refractivity contribution < 1.29 is 0 Å². The van der Waals surface area contributed by atoms with Crippen LogP contribution in [0, 0.1) is 0 Å². The third kappa shape index (κ3) is 2.53. The number of aromatic nitrogens is 4. The molecule has 3 aromatic heterocycles. The summed E-state index contributed by atoms with van der Waals surface area (Å²) in [6, 6.07) is 11.7. The van der Waals surface area contributed by atoms with Crippen LogP contribution < -0.4 is 5.32 Å². The Hall–Kier alpha value is -2.08. The number of hydrogen-bond acceptors (Lipinski definition) is 5. The summed E-state index contributed by atoms with van der Waals surface area (Å²) >= 11 is 1.50. The Morgan fingerprint density at radius 3 is 3.00 bits per heavy atom. The van der Waals surface area contributed by atoms with Crippen LogP contribution in [0.5, 0.6) is 0 Å². The second kappa shape index (κ2) is 5.27. The number of nitrogens with one attached hydrogen (secondary N) is 1. The second-order valence-corrected chi connectivity index (χ2v) is 4.89. The largest absolute Gasteiger partial charge is 0.370 e. The molecular weight excluding hydrogens is 258 g/mol. The van der Waals surface area contributed by atoms with Crippen molar-refractivity contribution in [3.63, 3.8) is 0 Å². The van der Waals surface area contributed by atoms with Crippen LogP contribution in [0.2, 0.25) is 0 Å². The molecule has 3 rings (SSSR count). The van der Waals surface area contributed by atoms with Gasteiger partial charge in [0.25, 0.3) is 0 Å². The van der Waals surface area contributed by atoms with Gasteiger partial charge < -0.3 is 5.32 Å². The Morgan fingerprint density at radius 1 is 1.16 bits per heavy atom. The molecule has 0 aliphatic heterocycles. The lowest BCUT2D eigenvalue weighted by molar-refractivity contribution is 0.917. The first kappa shape index (κ1) is 12.0. The molecule has 3 heterocycles. The third-order valence-electron chi connectivity index (χ3n) is 2.56. The van der Waals surface area contributed by atoms with Gasteiger partial charge in [-0.15, -0.1) is 10.2 Å². The fraction of sp³-hybridized carbons (Fsp3) is 0.154. The monoisotopic (exact) mass is 271 g/mol. The molecule has 0 unspecified atom stereocenters. The van der Waals surface area contributed by atoms with Crippen molar-refractivity contribution in [1.29, 1.82) is 0 Å². The highest BCUT2D eigenvalue weighted by atomic mass is 32.2. The van der Waals surface area contributed by atoms with E-state index in [1.54, 1.807) is 0 Å². The van der Waals surface area contributed by atoms with Crippen molar-refractivity contribution in [2.45, 2.75) is 17.1 Å². The topological polar surface area (TPSA) is 55.1 Å². The Kier molecular flexibility index (Phi) is 3.33. The maximum Gasteiger partial charge on any atom is 0.201 e. The average Bonchev–Trinajstić information content (AvgIpc) is 2.83. The summed E-state index contributed by atoms with van der Waals surface area (Å²) in [7, 11) is 0. The van der Waals surface area contributed by atoms with Crippen LogP contribution in [0.3, 0.4) is 0 Å². The summed E-state index contributed by atoms with van der Waals surface area (Å²) in [5.74, 6) is 0.876. The summed E-state index contributed by atoms with van der Waals surface area (Å²) < 4.78 is 1.95. The van der Waals surface area contributed by atoms with Crippen molar-refractivity contribution in [2.24, 2.45) is 0 Å². The molecule has 3 aromatic rings. The minimum Gasteiger partial charge on any atom is -0.370 e. The van der Waals surface area contributed by atoms with Gasteiger partial charge in [0.05, 0.1) is 0 Å². The summed E-state index contributed by atoms with van der Waals surface area (Å²) in [5.41, 5.74) is 0.841. The summed E-state index contributed by atoms with van der Waals surface area (Å²) in [4.78, 5) is 4.51. The number of hydrogen-bond donors (Lipinski definition) is 1. The van der Waals surface area contributed by atoms with Crippen LogP contribution in [0.25, 0.3) is 5.65 Å². The molecule has 0 spiro atoms. The zero-order valence-corrected chi connectivity index (χ0v) is 11.3. The molecule has 0 bridgehead atoms. The molecule has 5 nitrogen and oxygen atoms in total. The second-order valence-electron chi connectivity index (χ2n) is 3.90. The molecule has 1 N–H and O–H groups in total. The van der Waals surface area contributed by atoms with E-state index >= 15 is 0 Å². The average molecular weight is 271 g/mol. The minimum atomic E-state index is 0.816. The van der Waals surface area contributed by atoms with E-state index in [9.17, 15) is 0 Å². The lowest BCUT2D eigenvalue weighted by atomic mass is 10.4. The fourth-order valence-electron chi connectivity index (χ4n) is 1.73. The molecule has 0 amide bonds. The van der Waals surface area contributed by atoms with E-state index in [2.05, 4.69) is 20.5 Å². The first-order chi connectivity index (χ1) is 9.36. The van der Waals surface area contributed by atoms with Crippen LogP contribution >= 0.6 is 11.8 Å². The van der Waals surface area contributed by atoms with Gasteiger partial charge in [-0.1, -0.05) is 12.1 Å². The van der Waals surface area contributed by atoms with E-state index in [1.807, 2.05) is 53.9 Å². The zero-order chi connectivity index (χ0) is 13.1. The normalized spacial score (nSPS) is 10.8. The van der Waals surface area contributed by atoms with Gasteiger partial charge in [0, 0.05) is 12.7 Å². The van der Waals surface area contributed by atoms with Gasteiger partial charge >= 0.3 is 0 Å². The smallest absolute Gasteiger partial charge is 0.201 e. The van der Waals surface area contributed by atoms with Crippen molar-refractivity contribution in [1.82, 2.24) is 19.6 Å². The Morgan fingerprint density at radius 2 is 2.11 bits per heavy atom. The van der Waals surface area contributed by atoms with Crippen molar-refractivity contribution in [3.05, 3.63) is 42.6 Å². The SMILES string of the molecule is CCNc1cccc(Sc2nnc3ccccn23)n1. The predicted molar refractivity (Wildman–Crippen MR) is 75.5 cm³/mol. The number of pyridine rings is 2. The predicted octanol–water partition coefficient (Wildman–Crippen LogP) is 2.71. The van der Waals surface area contributed by atoms with E-state index in [0.717, 1.165) is 28.2 Å². The molecule has 0 aromatic carbocycles. The van der Waals surface area contributed by atoms with Gasteiger partial charge in [-0.05, 0) is 43.0 Å². The maximum absolute atomic E-state index is 4.51. The molecule has 19 heavy (non-hydrogen) atoms. The van der Waals surface area contributed by atoms with Gasteiger partial charge in [-0.3, -0.25) is 4.40 Å². The number of nitrogens with zero attached hydrogens (tertiary/aromatic N) is 4. The molecule has 0 aliphatic carbocycles. The minimum absolute atomic E-state index is 0.816. The first-order valence-electron chi connectivity index (χ1n) is 6.05. The molecule has 0 aliphatic rings.